The van der Waals surface area contributed by atoms with Crippen LogP contribution in [0.4, 0.5) is 0 Å². The van der Waals surface area contributed by atoms with Gasteiger partial charge in [-0.1, -0.05) is 6.92 Å². The van der Waals surface area contributed by atoms with Crippen molar-refractivity contribution in [2.45, 2.75) is 39.8 Å². The molecule has 1 saturated heterocycles. The normalized spacial score (nSPS) is 18.4. The number of nitrogens with zero attached hydrogens (tertiary/aromatic N) is 4. The Labute approximate surface area is 122 Å². The number of aryl methyl sites for hydroxylation is 2. The lowest BCUT2D eigenvalue weighted by Gasteiger charge is -2.21. The highest BCUT2D eigenvalue weighted by Gasteiger charge is 2.16. The van der Waals surface area contributed by atoms with Gasteiger partial charge in [-0.3, -0.25) is 14.5 Å². The maximum atomic E-state index is 9.04. The number of rotatable bonds is 6. The summed E-state index contributed by atoms with van der Waals surface area (Å²) >= 11 is 0. The molecule has 0 aliphatic carbocycles. The van der Waals surface area contributed by atoms with E-state index in [2.05, 4.69) is 39.5 Å². The maximum absolute atomic E-state index is 9.04. The molecule has 0 unspecified atom stereocenters. The predicted molar refractivity (Wildman–Crippen MR) is 80.7 cm³/mol. The molecule has 1 aliphatic rings. The summed E-state index contributed by atoms with van der Waals surface area (Å²) in [4.78, 5) is 4.87. The van der Waals surface area contributed by atoms with Gasteiger partial charge in [0.25, 0.3) is 0 Å². The molecular formula is C15H28N4O. The number of aromatic nitrogens is 2. The zero-order valence-corrected chi connectivity index (χ0v) is 12.9. The molecule has 0 atom stereocenters. The Morgan fingerprint density at radius 2 is 1.90 bits per heavy atom. The van der Waals surface area contributed by atoms with Crippen molar-refractivity contribution in [3.8, 4) is 0 Å². The first-order valence-corrected chi connectivity index (χ1v) is 7.88. The number of hydrogen-bond donors (Lipinski definition) is 1. The molecule has 0 amide bonds. The van der Waals surface area contributed by atoms with E-state index in [0.29, 0.717) is 0 Å². The first-order chi connectivity index (χ1) is 9.76. The van der Waals surface area contributed by atoms with Gasteiger partial charge in [-0.25, -0.2) is 0 Å². The fraction of sp³-hybridized carbons (Fsp3) is 0.800. The molecule has 5 heteroatoms. The van der Waals surface area contributed by atoms with E-state index in [9.17, 15) is 0 Å². The summed E-state index contributed by atoms with van der Waals surface area (Å²) in [5, 5.41) is 13.7. The topological polar surface area (TPSA) is 44.5 Å². The Hall–Kier alpha value is -0.910. The molecule has 1 N–H and O–H groups in total. The van der Waals surface area contributed by atoms with Crippen molar-refractivity contribution < 1.29 is 5.11 Å². The smallest absolute Gasteiger partial charge is 0.0625 e. The number of aliphatic hydroxyl groups is 1. The molecule has 0 radical (unpaired) electrons. The van der Waals surface area contributed by atoms with Crippen LogP contribution in [0.3, 0.4) is 0 Å². The van der Waals surface area contributed by atoms with Crippen LogP contribution in [-0.2, 0) is 19.5 Å². The second kappa shape index (κ2) is 7.76. The highest BCUT2D eigenvalue weighted by atomic mass is 16.3. The first-order valence-electron chi connectivity index (χ1n) is 7.88. The van der Waals surface area contributed by atoms with Crippen molar-refractivity contribution in [2.24, 2.45) is 0 Å². The van der Waals surface area contributed by atoms with Gasteiger partial charge < -0.3 is 5.11 Å². The van der Waals surface area contributed by atoms with E-state index in [-0.39, 0.29) is 6.61 Å². The molecule has 0 saturated carbocycles. The monoisotopic (exact) mass is 280 g/mol. The lowest BCUT2D eigenvalue weighted by Crippen LogP contribution is -2.32. The predicted octanol–water partition coefficient (Wildman–Crippen LogP) is 0.965. The molecule has 5 nitrogen and oxygen atoms in total. The zero-order valence-electron chi connectivity index (χ0n) is 12.9. The minimum atomic E-state index is 0.266. The van der Waals surface area contributed by atoms with E-state index in [0.717, 1.165) is 52.2 Å². The maximum Gasteiger partial charge on any atom is 0.0625 e. The average molecular weight is 280 g/mol. The molecular weight excluding hydrogens is 252 g/mol. The van der Waals surface area contributed by atoms with E-state index in [1.807, 2.05) is 0 Å². The van der Waals surface area contributed by atoms with Gasteiger partial charge in [-0.15, -0.1) is 0 Å². The average Bonchev–Trinajstić information content (AvgIpc) is 2.72. The Kier molecular flexibility index (Phi) is 6.01. The third-order valence-electron chi connectivity index (χ3n) is 4.06. The summed E-state index contributed by atoms with van der Waals surface area (Å²) in [6, 6.07) is 2.25. The molecule has 2 heterocycles. The standard InChI is InChI=1S/C15H28N4O/c1-3-14-12-15(19(4-2)16-14)13-18-7-5-6-17(8-9-18)10-11-20/h12,20H,3-11,13H2,1-2H3. The van der Waals surface area contributed by atoms with Gasteiger partial charge in [0, 0.05) is 32.7 Å². The second-order valence-electron chi connectivity index (χ2n) is 5.49. The molecule has 0 spiro atoms. The molecule has 20 heavy (non-hydrogen) atoms. The molecule has 1 fully saturated rings. The summed E-state index contributed by atoms with van der Waals surface area (Å²) < 4.78 is 2.13. The van der Waals surface area contributed by atoms with Crippen LogP contribution in [0.2, 0.25) is 0 Å². The van der Waals surface area contributed by atoms with Gasteiger partial charge in [0.15, 0.2) is 0 Å². The van der Waals surface area contributed by atoms with Crippen LogP contribution in [0.15, 0.2) is 6.07 Å². The highest BCUT2D eigenvalue weighted by molar-refractivity contribution is 5.10. The Morgan fingerprint density at radius 1 is 1.15 bits per heavy atom. The van der Waals surface area contributed by atoms with Crippen molar-refractivity contribution >= 4 is 0 Å². The fourth-order valence-corrected chi connectivity index (χ4v) is 2.87. The minimum Gasteiger partial charge on any atom is -0.395 e. The Bertz CT molecular complexity index is 405. The Morgan fingerprint density at radius 3 is 2.60 bits per heavy atom. The largest absolute Gasteiger partial charge is 0.395 e. The van der Waals surface area contributed by atoms with Crippen LogP contribution in [0, 0.1) is 0 Å². The van der Waals surface area contributed by atoms with Crippen molar-refractivity contribution in [3.05, 3.63) is 17.5 Å². The SMILES string of the molecule is CCc1cc(CN2CCCN(CCO)CC2)n(CC)n1. The number of hydrogen-bond acceptors (Lipinski definition) is 4. The van der Waals surface area contributed by atoms with Crippen molar-refractivity contribution in [1.82, 2.24) is 19.6 Å². The number of aliphatic hydroxyl groups excluding tert-OH is 1. The second-order valence-corrected chi connectivity index (χ2v) is 5.49. The molecule has 0 aromatic carbocycles. The quantitative estimate of drug-likeness (QED) is 0.843. The van der Waals surface area contributed by atoms with Gasteiger partial charge in [-0.2, -0.15) is 5.10 Å². The van der Waals surface area contributed by atoms with Crippen LogP contribution in [0.5, 0.6) is 0 Å². The van der Waals surface area contributed by atoms with Gasteiger partial charge in [0.05, 0.1) is 18.0 Å². The lowest BCUT2D eigenvalue weighted by atomic mass is 10.3. The van der Waals surface area contributed by atoms with E-state index < -0.39 is 0 Å². The van der Waals surface area contributed by atoms with Crippen LogP contribution >= 0.6 is 0 Å². The minimum absolute atomic E-state index is 0.266. The van der Waals surface area contributed by atoms with E-state index in [4.69, 9.17) is 5.11 Å². The highest BCUT2D eigenvalue weighted by Crippen LogP contribution is 2.11. The lowest BCUT2D eigenvalue weighted by molar-refractivity contribution is 0.195. The summed E-state index contributed by atoms with van der Waals surface area (Å²) in [5.41, 5.74) is 2.53. The van der Waals surface area contributed by atoms with Crippen molar-refractivity contribution in [2.75, 3.05) is 39.3 Å². The van der Waals surface area contributed by atoms with Crippen molar-refractivity contribution in [3.63, 3.8) is 0 Å². The molecule has 1 aliphatic heterocycles. The molecule has 1 aromatic heterocycles. The molecule has 114 valence electrons. The van der Waals surface area contributed by atoms with Crippen molar-refractivity contribution in [1.29, 1.82) is 0 Å². The van der Waals surface area contributed by atoms with Crippen LogP contribution < -0.4 is 0 Å². The van der Waals surface area contributed by atoms with Gasteiger partial charge >= 0.3 is 0 Å². The van der Waals surface area contributed by atoms with Gasteiger partial charge in [0.1, 0.15) is 0 Å². The van der Waals surface area contributed by atoms with Gasteiger partial charge in [-0.05, 0) is 38.9 Å². The summed E-state index contributed by atoms with van der Waals surface area (Å²) in [6.07, 6.45) is 2.19. The molecule has 2 rings (SSSR count). The van der Waals surface area contributed by atoms with Crippen LogP contribution in [0.25, 0.3) is 0 Å². The molecule has 1 aromatic rings. The van der Waals surface area contributed by atoms with E-state index >= 15 is 0 Å². The summed E-state index contributed by atoms with van der Waals surface area (Å²) in [6.45, 7) is 11.7. The fourth-order valence-electron chi connectivity index (χ4n) is 2.87. The summed E-state index contributed by atoms with van der Waals surface area (Å²) in [5.74, 6) is 0. The van der Waals surface area contributed by atoms with E-state index in [1.165, 1.54) is 17.8 Å². The van der Waals surface area contributed by atoms with Crippen LogP contribution in [0.1, 0.15) is 31.7 Å². The van der Waals surface area contributed by atoms with E-state index in [1.54, 1.807) is 0 Å². The third kappa shape index (κ3) is 4.04. The molecule has 0 bridgehead atoms. The van der Waals surface area contributed by atoms with Crippen LogP contribution in [-0.4, -0.2) is 64.0 Å². The first kappa shape index (κ1) is 15.5. The zero-order chi connectivity index (χ0) is 14.4. The number of β-amino-alcohol motifs (C(OH)–C–C–N with tert-alkyl or cyclic N) is 1. The van der Waals surface area contributed by atoms with Gasteiger partial charge in [0.2, 0.25) is 0 Å². The third-order valence-corrected chi connectivity index (χ3v) is 4.06. The Balaban J connectivity index is 1.94. The summed E-state index contributed by atoms with van der Waals surface area (Å²) in [7, 11) is 0.